The van der Waals surface area contributed by atoms with E-state index in [0.29, 0.717) is 5.92 Å². The van der Waals surface area contributed by atoms with Crippen molar-refractivity contribution in [3.8, 4) is 22.3 Å². The normalized spacial score (nSPS) is 15.8. The van der Waals surface area contributed by atoms with Gasteiger partial charge >= 0.3 is 0 Å². The van der Waals surface area contributed by atoms with E-state index >= 15 is 0 Å². The summed E-state index contributed by atoms with van der Waals surface area (Å²) in [6.45, 7) is 7.00. The molecule has 0 saturated heterocycles. The van der Waals surface area contributed by atoms with E-state index in [1.54, 1.807) is 0 Å². The van der Waals surface area contributed by atoms with Crippen molar-refractivity contribution in [3.05, 3.63) is 154 Å². The molecule has 0 bridgehead atoms. The zero-order chi connectivity index (χ0) is 29.2. The fraction of sp³-hybridized carbons (Fsp3) is 0.143. The van der Waals surface area contributed by atoms with Crippen molar-refractivity contribution in [3.63, 3.8) is 0 Å². The summed E-state index contributed by atoms with van der Waals surface area (Å²) in [5, 5.41) is 5.95. The first-order chi connectivity index (χ1) is 21.0. The number of hydrogen-bond donors (Lipinski definition) is 0. The molecular weight excluding hydrogens is 540 g/mol. The SMILES string of the molecule is CC1=Cc2c(-c3cccc4ccccc34)ccc(Cl)c2C1C1=C(C(C)C)Cc2cccc(-c3cccc4ccccc34)c21. The summed E-state index contributed by atoms with van der Waals surface area (Å²) in [5.74, 6) is 0.548. The molecule has 0 N–H and O–H groups in total. The van der Waals surface area contributed by atoms with Gasteiger partial charge in [0.25, 0.3) is 0 Å². The third kappa shape index (κ3) is 4.04. The fourth-order valence-electron chi connectivity index (χ4n) is 7.72. The van der Waals surface area contributed by atoms with Gasteiger partial charge in [0.15, 0.2) is 0 Å². The van der Waals surface area contributed by atoms with Crippen LogP contribution < -0.4 is 0 Å². The Hall–Kier alpha value is -4.39. The second-order valence-corrected chi connectivity index (χ2v) is 12.8. The van der Waals surface area contributed by atoms with E-state index in [-0.39, 0.29) is 5.92 Å². The maximum absolute atomic E-state index is 7.22. The van der Waals surface area contributed by atoms with Crippen LogP contribution in [0.15, 0.2) is 126 Å². The number of benzene rings is 6. The first-order valence-electron chi connectivity index (χ1n) is 15.3. The minimum Gasteiger partial charge on any atom is -0.0840 e. The van der Waals surface area contributed by atoms with Crippen molar-refractivity contribution < 1.29 is 0 Å². The van der Waals surface area contributed by atoms with Crippen LogP contribution in [0.3, 0.4) is 0 Å². The molecule has 1 unspecified atom stereocenters. The van der Waals surface area contributed by atoms with Gasteiger partial charge in [0.2, 0.25) is 0 Å². The van der Waals surface area contributed by atoms with E-state index in [4.69, 9.17) is 11.6 Å². The van der Waals surface area contributed by atoms with Crippen LogP contribution in [0.2, 0.25) is 5.02 Å². The van der Waals surface area contributed by atoms with Crippen molar-refractivity contribution in [1.82, 2.24) is 0 Å². The molecule has 0 radical (unpaired) electrons. The molecule has 2 aliphatic carbocycles. The van der Waals surface area contributed by atoms with Crippen molar-refractivity contribution in [1.29, 1.82) is 0 Å². The zero-order valence-electron chi connectivity index (χ0n) is 24.8. The maximum atomic E-state index is 7.22. The Labute approximate surface area is 259 Å². The summed E-state index contributed by atoms with van der Waals surface area (Å²) in [4.78, 5) is 0. The number of fused-ring (bicyclic) bond motifs is 4. The molecule has 208 valence electrons. The van der Waals surface area contributed by atoms with Crippen molar-refractivity contribution in [2.24, 2.45) is 5.92 Å². The monoisotopic (exact) mass is 572 g/mol. The Morgan fingerprint density at radius 1 is 0.628 bits per heavy atom. The Kier molecular flexibility index (Phi) is 6.17. The summed E-state index contributed by atoms with van der Waals surface area (Å²) in [7, 11) is 0. The lowest BCUT2D eigenvalue weighted by Gasteiger charge is -2.25. The van der Waals surface area contributed by atoms with Crippen LogP contribution in [0.5, 0.6) is 0 Å². The van der Waals surface area contributed by atoms with Crippen molar-refractivity contribution in [2.45, 2.75) is 33.1 Å². The predicted molar refractivity (Wildman–Crippen MR) is 186 cm³/mol. The smallest absolute Gasteiger partial charge is 0.0453 e. The van der Waals surface area contributed by atoms with Gasteiger partial charge < -0.3 is 0 Å². The Bertz CT molecular complexity index is 2150. The topological polar surface area (TPSA) is 0 Å². The summed E-state index contributed by atoms with van der Waals surface area (Å²) in [6, 6.07) is 42.0. The first-order valence-corrected chi connectivity index (χ1v) is 15.7. The van der Waals surface area contributed by atoms with E-state index in [0.717, 1.165) is 11.4 Å². The van der Waals surface area contributed by atoms with E-state index in [9.17, 15) is 0 Å². The van der Waals surface area contributed by atoms with Crippen molar-refractivity contribution in [2.75, 3.05) is 0 Å². The first kappa shape index (κ1) is 26.3. The van der Waals surface area contributed by atoms with Crippen LogP contribution in [0.1, 0.15) is 48.9 Å². The van der Waals surface area contributed by atoms with Gasteiger partial charge in [0.1, 0.15) is 0 Å². The van der Waals surface area contributed by atoms with Gasteiger partial charge in [-0.05, 0) is 97.0 Å². The fourth-order valence-corrected chi connectivity index (χ4v) is 7.99. The highest BCUT2D eigenvalue weighted by Crippen LogP contribution is 2.56. The van der Waals surface area contributed by atoms with Crippen LogP contribution >= 0.6 is 11.6 Å². The number of rotatable bonds is 4. The molecule has 0 fully saturated rings. The lowest BCUT2D eigenvalue weighted by atomic mass is 9.79. The molecule has 1 heteroatoms. The van der Waals surface area contributed by atoms with Crippen LogP contribution in [0, 0.1) is 5.92 Å². The van der Waals surface area contributed by atoms with E-state index in [2.05, 4.69) is 142 Å². The summed E-state index contributed by atoms with van der Waals surface area (Å²) in [6.07, 6.45) is 3.40. The lowest BCUT2D eigenvalue weighted by molar-refractivity contribution is 0.746. The highest BCUT2D eigenvalue weighted by atomic mass is 35.5. The molecule has 6 aromatic carbocycles. The molecule has 2 aliphatic rings. The van der Waals surface area contributed by atoms with Gasteiger partial charge in [-0.15, -0.1) is 0 Å². The summed E-state index contributed by atoms with van der Waals surface area (Å²) < 4.78 is 0. The van der Waals surface area contributed by atoms with Crippen LogP contribution in [-0.4, -0.2) is 0 Å². The van der Waals surface area contributed by atoms with E-state index < -0.39 is 0 Å². The average Bonchev–Trinajstić information content (AvgIpc) is 3.59. The molecule has 0 spiro atoms. The molecule has 0 aliphatic heterocycles. The molecule has 0 saturated carbocycles. The van der Waals surface area contributed by atoms with E-state index in [1.807, 2.05) is 0 Å². The largest absolute Gasteiger partial charge is 0.0840 e. The standard InChI is InChI=1S/C42H33Cl/c1-25(2)36-24-29-15-10-20-35(33-19-9-14-28-12-5-7-17-31(28)33)40(29)42(36)39-26(3)23-37-34(21-22-38(43)41(37)39)32-18-8-13-27-11-4-6-16-30(27)32/h4-23,25,39H,24H2,1-3H3. The quantitative estimate of drug-likeness (QED) is 0.197. The van der Waals surface area contributed by atoms with Crippen molar-refractivity contribution >= 4 is 44.8 Å². The number of hydrogen-bond acceptors (Lipinski definition) is 0. The molecule has 0 heterocycles. The highest BCUT2D eigenvalue weighted by Gasteiger charge is 2.37. The molecule has 43 heavy (non-hydrogen) atoms. The van der Waals surface area contributed by atoms with Gasteiger partial charge in [-0.3, -0.25) is 0 Å². The minimum absolute atomic E-state index is 0.118. The molecular formula is C42H33Cl. The Morgan fingerprint density at radius 2 is 1.21 bits per heavy atom. The second kappa shape index (κ2) is 10.1. The van der Waals surface area contributed by atoms with Gasteiger partial charge in [0, 0.05) is 10.9 Å². The van der Waals surface area contributed by atoms with Crippen LogP contribution in [0.25, 0.3) is 55.4 Å². The molecule has 8 rings (SSSR count). The molecule has 1 atom stereocenters. The van der Waals surface area contributed by atoms with E-state index in [1.165, 1.54) is 82.8 Å². The second-order valence-electron chi connectivity index (χ2n) is 12.4. The Morgan fingerprint density at radius 3 is 1.88 bits per heavy atom. The average molecular weight is 573 g/mol. The minimum atomic E-state index is 0.118. The molecule has 0 nitrogen and oxygen atoms in total. The van der Waals surface area contributed by atoms with Gasteiger partial charge in [0.05, 0.1) is 0 Å². The summed E-state index contributed by atoms with van der Waals surface area (Å²) >= 11 is 7.22. The summed E-state index contributed by atoms with van der Waals surface area (Å²) in [5.41, 5.74) is 14.8. The third-order valence-electron chi connectivity index (χ3n) is 9.64. The van der Waals surface area contributed by atoms with Gasteiger partial charge in [-0.2, -0.15) is 0 Å². The third-order valence-corrected chi connectivity index (χ3v) is 9.97. The highest BCUT2D eigenvalue weighted by molar-refractivity contribution is 6.32. The van der Waals surface area contributed by atoms with Gasteiger partial charge in [-0.25, -0.2) is 0 Å². The lowest BCUT2D eigenvalue weighted by Crippen LogP contribution is -2.06. The van der Waals surface area contributed by atoms with Crippen LogP contribution in [0.4, 0.5) is 0 Å². The number of allylic oxidation sites excluding steroid dienone is 3. The van der Waals surface area contributed by atoms with Gasteiger partial charge in [-0.1, -0.05) is 152 Å². The molecule has 0 aromatic heterocycles. The van der Waals surface area contributed by atoms with Crippen LogP contribution in [-0.2, 0) is 6.42 Å². The zero-order valence-corrected chi connectivity index (χ0v) is 25.5. The maximum Gasteiger partial charge on any atom is 0.0453 e. The molecule has 0 amide bonds. The number of halogens is 1. The Balaban J connectivity index is 1.38. The predicted octanol–water partition coefficient (Wildman–Crippen LogP) is 12.1. The molecule has 6 aromatic rings.